The van der Waals surface area contributed by atoms with E-state index in [1.165, 1.54) is 6.42 Å². The predicted octanol–water partition coefficient (Wildman–Crippen LogP) is -0.327. The Hall–Kier alpha value is -1.63. The lowest BCUT2D eigenvalue weighted by Crippen LogP contribution is -3.12. The molecular formula is C11H18N5O+. The molecule has 1 saturated heterocycles. The Morgan fingerprint density at radius 1 is 1.47 bits per heavy atom. The molecule has 92 valence electrons. The van der Waals surface area contributed by atoms with Gasteiger partial charge in [0.1, 0.15) is 6.07 Å². The van der Waals surface area contributed by atoms with Gasteiger partial charge in [0.2, 0.25) is 0 Å². The fraction of sp³-hybridized carbons (Fsp3) is 0.727. The monoisotopic (exact) mass is 236 g/mol. The first kappa shape index (κ1) is 13.4. The second-order valence-electron chi connectivity index (χ2n) is 4.27. The molecule has 0 radical (unpaired) electrons. The molecule has 0 aromatic heterocycles. The molecule has 0 aromatic rings. The molecule has 6 heteroatoms. The summed E-state index contributed by atoms with van der Waals surface area (Å²) in [5, 5.41) is 12.2. The van der Waals surface area contributed by atoms with Gasteiger partial charge in [-0.3, -0.25) is 4.90 Å². The van der Waals surface area contributed by atoms with Crippen molar-refractivity contribution in [2.75, 3.05) is 27.2 Å². The quantitative estimate of drug-likeness (QED) is 0.239. The smallest absolute Gasteiger partial charge is 0.348 e. The first-order valence-electron chi connectivity index (χ1n) is 5.74. The van der Waals surface area contributed by atoms with Gasteiger partial charge in [-0.25, -0.2) is 15.0 Å². The third-order valence-corrected chi connectivity index (χ3v) is 2.66. The van der Waals surface area contributed by atoms with Gasteiger partial charge in [0.25, 0.3) is 0 Å². The van der Waals surface area contributed by atoms with Crippen LogP contribution in [0.2, 0.25) is 0 Å². The first-order valence-corrected chi connectivity index (χ1v) is 5.74. The predicted molar refractivity (Wildman–Crippen MR) is 62.8 cm³/mol. The highest BCUT2D eigenvalue weighted by Crippen LogP contribution is 2.10. The van der Waals surface area contributed by atoms with E-state index in [4.69, 9.17) is 16.7 Å². The Balaban J connectivity index is 2.64. The topological polar surface area (TPSA) is 57.4 Å². The molecule has 1 rings (SSSR count). The maximum Gasteiger partial charge on any atom is 0.392 e. The van der Waals surface area contributed by atoms with Crippen LogP contribution >= 0.6 is 0 Å². The molecule has 0 bridgehead atoms. The van der Waals surface area contributed by atoms with E-state index >= 15 is 0 Å². The Labute approximate surface area is 102 Å². The SMILES string of the molecule is [C-]#[N+]/C(C#N)=N/OC(N1CCCCC1)[NH+](C)C. The van der Waals surface area contributed by atoms with Crippen molar-refractivity contribution < 1.29 is 9.74 Å². The summed E-state index contributed by atoms with van der Waals surface area (Å²) in [4.78, 5) is 11.6. The highest BCUT2D eigenvalue weighted by molar-refractivity contribution is 6.03. The summed E-state index contributed by atoms with van der Waals surface area (Å²) < 4.78 is 0. The van der Waals surface area contributed by atoms with Crippen LogP contribution in [0.3, 0.4) is 0 Å². The van der Waals surface area contributed by atoms with Gasteiger partial charge in [-0.1, -0.05) is 13.0 Å². The van der Waals surface area contributed by atoms with Crippen LogP contribution in [0.15, 0.2) is 5.16 Å². The number of oxime groups is 1. The third kappa shape index (κ3) is 4.03. The number of nitrogens with zero attached hydrogens (tertiary/aromatic N) is 4. The molecule has 1 N–H and O–H groups in total. The zero-order chi connectivity index (χ0) is 12.7. The van der Waals surface area contributed by atoms with E-state index in [9.17, 15) is 0 Å². The molecule has 6 nitrogen and oxygen atoms in total. The Bertz CT molecular complexity index is 330. The van der Waals surface area contributed by atoms with E-state index in [2.05, 4.69) is 14.9 Å². The zero-order valence-corrected chi connectivity index (χ0v) is 10.3. The van der Waals surface area contributed by atoms with Crippen LogP contribution in [-0.4, -0.2) is 44.3 Å². The fourth-order valence-corrected chi connectivity index (χ4v) is 1.86. The number of amidine groups is 1. The summed E-state index contributed by atoms with van der Waals surface area (Å²) in [5.74, 6) is -0.256. The molecule has 1 aliphatic heterocycles. The van der Waals surface area contributed by atoms with Crippen molar-refractivity contribution in [3.8, 4) is 6.07 Å². The molecule has 0 aromatic carbocycles. The van der Waals surface area contributed by atoms with Gasteiger partial charge in [0, 0.05) is 13.1 Å². The number of rotatable bonds is 4. The second kappa shape index (κ2) is 6.85. The van der Waals surface area contributed by atoms with Crippen molar-refractivity contribution in [1.82, 2.24) is 4.90 Å². The summed E-state index contributed by atoms with van der Waals surface area (Å²) in [6.45, 7) is 8.68. The van der Waals surface area contributed by atoms with Gasteiger partial charge < -0.3 is 4.85 Å². The number of nitrogens with one attached hydrogen (secondary N) is 1. The summed E-state index contributed by atoms with van der Waals surface area (Å²) in [7, 11) is 3.94. The lowest BCUT2D eigenvalue weighted by Gasteiger charge is -2.31. The van der Waals surface area contributed by atoms with E-state index in [0.717, 1.165) is 30.8 Å². The van der Waals surface area contributed by atoms with Gasteiger partial charge in [0.05, 0.1) is 19.3 Å². The van der Waals surface area contributed by atoms with Crippen molar-refractivity contribution in [2.45, 2.75) is 25.6 Å². The van der Waals surface area contributed by atoms with Gasteiger partial charge in [-0.2, -0.15) is 0 Å². The number of hydrogen-bond acceptors (Lipinski definition) is 4. The number of hydrogen-bond donors (Lipinski definition) is 1. The van der Waals surface area contributed by atoms with Crippen LogP contribution in [0.1, 0.15) is 19.3 Å². The zero-order valence-electron chi connectivity index (χ0n) is 10.3. The van der Waals surface area contributed by atoms with Crippen LogP contribution < -0.4 is 4.90 Å². The highest BCUT2D eigenvalue weighted by atomic mass is 16.7. The Kier molecular flexibility index (Phi) is 5.41. The molecule has 0 amide bonds. The lowest BCUT2D eigenvalue weighted by atomic mass is 10.1. The van der Waals surface area contributed by atoms with Crippen molar-refractivity contribution in [2.24, 2.45) is 5.16 Å². The molecule has 1 heterocycles. The van der Waals surface area contributed by atoms with Crippen LogP contribution in [0, 0.1) is 17.9 Å². The molecule has 1 fully saturated rings. The minimum atomic E-state index is -0.256. The van der Waals surface area contributed by atoms with Gasteiger partial charge in [-0.05, 0) is 12.8 Å². The average molecular weight is 236 g/mol. The summed E-state index contributed by atoms with van der Waals surface area (Å²) in [5.41, 5.74) is 0. The average Bonchev–Trinajstić information content (AvgIpc) is 2.35. The minimum Gasteiger partial charge on any atom is -0.348 e. The van der Waals surface area contributed by atoms with Crippen molar-refractivity contribution >= 4 is 5.84 Å². The van der Waals surface area contributed by atoms with Gasteiger partial charge in [-0.15, -0.1) is 0 Å². The summed E-state index contributed by atoms with van der Waals surface area (Å²) in [6.07, 6.45) is 3.34. The maximum absolute atomic E-state index is 8.59. The van der Waals surface area contributed by atoms with E-state index < -0.39 is 0 Å². The van der Waals surface area contributed by atoms with Crippen molar-refractivity contribution in [3.05, 3.63) is 11.4 Å². The van der Waals surface area contributed by atoms with E-state index in [0.29, 0.717) is 0 Å². The largest absolute Gasteiger partial charge is 0.392 e. The van der Waals surface area contributed by atoms with Crippen LogP contribution in [0.4, 0.5) is 0 Å². The third-order valence-electron chi connectivity index (χ3n) is 2.66. The molecule has 17 heavy (non-hydrogen) atoms. The molecule has 1 aliphatic rings. The van der Waals surface area contributed by atoms with Gasteiger partial charge >= 0.3 is 12.2 Å². The molecule has 1 atom stereocenters. The molecular weight excluding hydrogens is 218 g/mol. The van der Waals surface area contributed by atoms with E-state index in [-0.39, 0.29) is 12.2 Å². The standard InChI is InChI=1S/C11H17N5O/c1-13-10(9-12)14-17-11(15(2)3)16-7-5-4-6-8-16/h11H,4-8H2,2-3H3/p+1/b14-10+. The Morgan fingerprint density at radius 3 is 2.59 bits per heavy atom. The normalized spacial score (nSPS) is 19.5. The second-order valence-corrected chi connectivity index (χ2v) is 4.27. The first-order chi connectivity index (χ1) is 8.19. The molecule has 1 unspecified atom stereocenters. The van der Waals surface area contributed by atoms with Crippen LogP contribution in [0.25, 0.3) is 4.85 Å². The minimum absolute atomic E-state index is 0.222. The molecule has 0 aliphatic carbocycles. The number of nitriles is 1. The number of quaternary nitrogens is 1. The molecule has 0 saturated carbocycles. The highest BCUT2D eigenvalue weighted by Gasteiger charge is 2.29. The Morgan fingerprint density at radius 2 is 2.12 bits per heavy atom. The van der Waals surface area contributed by atoms with Crippen molar-refractivity contribution in [1.29, 1.82) is 5.26 Å². The van der Waals surface area contributed by atoms with Gasteiger partial charge in [0.15, 0.2) is 0 Å². The van der Waals surface area contributed by atoms with Crippen LogP contribution in [-0.2, 0) is 4.84 Å². The summed E-state index contributed by atoms with van der Waals surface area (Å²) in [6, 6.07) is 1.69. The number of likely N-dealkylation sites (tertiary alicyclic amines) is 1. The van der Waals surface area contributed by atoms with Crippen molar-refractivity contribution in [3.63, 3.8) is 0 Å². The summed E-state index contributed by atoms with van der Waals surface area (Å²) >= 11 is 0. The van der Waals surface area contributed by atoms with E-state index in [1.807, 2.05) is 14.1 Å². The van der Waals surface area contributed by atoms with Crippen LogP contribution in [0.5, 0.6) is 0 Å². The number of piperidine rings is 1. The fourth-order valence-electron chi connectivity index (χ4n) is 1.86. The lowest BCUT2D eigenvalue weighted by molar-refractivity contribution is -0.926. The van der Waals surface area contributed by atoms with E-state index in [1.54, 1.807) is 6.07 Å². The maximum atomic E-state index is 8.59. The molecule has 0 spiro atoms.